The lowest BCUT2D eigenvalue weighted by Gasteiger charge is -2.46. The summed E-state index contributed by atoms with van der Waals surface area (Å²) >= 11 is 11.8. The van der Waals surface area contributed by atoms with Crippen LogP contribution < -0.4 is 10.7 Å². The third kappa shape index (κ3) is 3.86. The molecule has 0 fully saturated rings. The second-order valence-corrected chi connectivity index (χ2v) is 7.16. The van der Waals surface area contributed by atoms with Gasteiger partial charge in [0.05, 0.1) is 11.3 Å². The van der Waals surface area contributed by atoms with Gasteiger partial charge in [0.15, 0.2) is 0 Å². The molecular formula is C19H21Cl2N3O. The number of anilines is 2. The fourth-order valence-electron chi connectivity index (χ4n) is 3.03. The van der Waals surface area contributed by atoms with E-state index in [2.05, 4.69) is 10.7 Å². The van der Waals surface area contributed by atoms with Crippen LogP contribution in [-0.2, 0) is 0 Å². The van der Waals surface area contributed by atoms with Crippen molar-refractivity contribution >= 4 is 40.5 Å². The highest BCUT2D eigenvalue weighted by Gasteiger charge is 2.41. The molecule has 0 saturated carbocycles. The quantitative estimate of drug-likeness (QED) is 0.525. The first-order chi connectivity index (χ1) is 12.0. The topological polar surface area (TPSA) is 44.4 Å². The molecule has 0 aliphatic carbocycles. The molecule has 25 heavy (non-hydrogen) atoms. The zero-order valence-electron chi connectivity index (χ0n) is 14.1. The molecule has 0 aromatic heterocycles. The number of rotatable bonds is 6. The maximum absolute atomic E-state index is 13.1. The number of alkyl halides is 1. The van der Waals surface area contributed by atoms with Crippen LogP contribution >= 0.6 is 23.2 Å². The lowest BCUT2D eigenvalue weighted by Crippen LogP contribution is -2.60. The highest BCUT2D eigenvalue weighted by Crippen LogP contribution is 2.34. The lowest BCUT2D eigenvalue weighted by molar-refractivity contribution is 0.0598. The van der Waals surface area contributed by atoms with E-state index in [0.29, 0.717) is 16.5 Å². The zero-order chi connectivity index (χ0) is 17.9. The predicted octanol–water partition coefficient (Wildman–Crippen LogP) is 5.36. The molecule has 132 valence electrons. The average Bonchev–Trinajstić information content (AvgIpc) is 2.60. The van der Waals surface area contributed by atoms with Crippen LogP contribution in [0.2, 0.25) is 5.02 Å². The molecule has 1 heterocycles. The summed E-state index contributed by atoms with van der Waals surface area (Å²) in [5.74, 6) is 0.559. The van der Waals surface area contributed by atoms with E-state index in [1.807, 2.05) is 43.3 Å². The molecule has 2 aromatic rings. The average molecular weight is 378 g/mol. The monoisotopic (exact) mass is 377 g/mol. The minimum Gasteiger partial charge on any atom is -0.361 e. The van der Waals surface area contributed by atoms with Gasteiger partial charge in [0.2, 0.25) is 0 Å². The molecule has 3 rings (SSSR count). The smallest absolute Gasteiger partial charge is 0.276 e. The first-order valence-corrected chi connectivity index (χ1v) is 9.25. The van der Waals surface area contributed by atoms with Crippen molar-refractivity contribution in [2.75, 3.05) is 16.6 Å². The van der Waals surface area contributed by atoms with Crippen LogP contribution in [0.5, 0.6) is 0 Å². The standard InChI is InChI=1S/C19H21Cl2N3O/c1-19(12-4-5-13-20)22-17-7-3-2-6-16(17)18(25)24(19)23-15-10-8-14(21)9-11-15/h2-3,6-11,22-23H,4-5,12-13H2,1H3. The molecule has 6 heteroatoms. The number of halogens is 2. The third-order valence-electron chi connectivity index (χ3n) is 4.39. The number of hydrogen-bond donors (Lipinski definition) is 2. The van der Waals surface area contributed by atoms with Crippen molar-refractivity contribution in [3.05, 3.63) is 59.1 Å². The Labute approximate surface area is 158 Å². The molecular weight excluding hydrogens is 357 g/mol. The van der Waals surface area contributed by atoms with Crippen molar-refractivity contribution in [3.63, 3.8) is 0 Å². The van der Waals surface area contributed by atoms with Gasteiger partial charge in [0.1, 0.15) is 5.66 Å². The number of para-hydroxylation sites is 1. The SMILES string of the molecule is CC1(CCCCCl)Nc2ccccc2C(=O)N1Nc1ccc(Cl)cc1. The first-order valence-electron chi connectivity index (χ1n) is 8.33. The minimum absolute atomic E-state index is 0.0577. The van der Waals surface area contributed by atoms with Gasteiger partial charge in [-0.2, -0.15) is 0 Å². The molecule has 0 saturated heterocycles. The number of carbonyl (C=O) groups is 1. The molecule has 1 aliphatic heterocycles. The highest BCUT2D eigenvalue weighted by molar-refractivity contribution is 6.30. The molecule has 4 nitrogen and oxygen atoms in total. The molecule has 0 bridgehead atoms. The fraction of sp³-hybridized carbons (Fsp3) is 0.316. The van der Waals surface area contributed by atoms with Crippen molar-refractivity contribution in [2.45, 2.75) is 31.8 Å². The van der Waals surface area contributed by atoms with E-state index in [1.165, 1.54) is 0 Å². The minimum atomic E-state index is -0.558. The number of unbranched alkanes of at least 4 members (excludes halogenated alkanes) is 1. The van der Waals surface area contributed by atoms with E-state index in [-0.39, 0.29) is 5.91 Å². The van der Waals surface area contributed by atoms with Crippen LogP contribution in [0.4, 0.5) is 11.4 Å². The number of fused-ring (bicyclic) bond motifs is 1. The van der Waals surface area contributed by atoms with Crippen LogP contribution in [0.25, 0.3) is 0 Å². The summed E-state index contributed by atoms with van der Waals surface area (Å²) in [4.78, 5) is 13.1. The summed E-state index contributed by atoms with van der Waals surface area (Å²) in [6, 6.07) is 14.9. The third-order valence-corrected chi connectivity index (χ3v) is 4.91. The molecule has 0 radical (unpaired) electrons. The Hall–Kier alpha value is -1.91. The fourth-order valence-corrected chi connectivity index (χ4v) is 3.35. The number of benzene rings is 2. The Morgan fingerprint density at radius 2 is 1.84 bits per heavy atom. The Balaban J connectivity index is 1.92. The molecule has 1 atom stereocenters. The van der Waals surface area contributed by atoms with E-state index in [1.54, 1.807) is 17.1 Å². The second kappa shape index (κ2) is 7.54. The van der Waals surface area contributed by atoms with Crippen molar-refractivity contribution in [2.24, 2.45) is 0 Å². The van der Waals surface area contributed by atoms with Crippen molar-refractivity contribution in [1.82, 2.24) is 5.01 Å². The summed E-state index contributed by atoms with van der Waals surface area (Å²) in [5.41, 5.74) is 5.00. The summed E-state index contributed by atoms with van der Waals surface area (Å²) < 4.78 is 0. The van der Waals surface area contributed by atoms with Crippen molar-refractivity contribution < 1.29 is 4.79 Å². The van der Waals surface area contributed by atoms with Crippen molar-refractivity contribution in [3.8, 4) is 0 Å². The van der Waals surface area contributed by atoms with Crippen LogP contribution in [0.3, 0.4) is 0 Å². The molecule has 1 amide bonds. The summed E-state index contributed by atoms with van der Waals surface area (Å²) in [7, 11) is 0. The van der Waals surface area contributed by atoms with Gasteiger partial charge in [-0.25, -0.2) is 5.01 Å². The van der Waals surface area contributed by atoms with E-state index in [0.717, 1.165) is 30.6 Å². The van der Waals surface area contributed by atoms with Gasteiger partial charge < -0.3 is 5.32 Å². The molecule has 1 aliphatic rings. The molecule has 0 spiro atoms. The van der Waals surface area contributed by atoms with Crippen molar-refractivity contribution in [1.29, 1.82) is 0 Å². The maximum Gasteiger partial charge on any atom is 0.276 e. The van der Waals surface area contributed by atoms with Crippen LogP contribution in [0, 0.1) is 0 Å². The van der Waals surface area contributed by atoms with Gasteiger partial charge in [-0.05, 0) is 62.6 Å². The number of hydrogen-bond acceptors (Lipinski definition) is 3. The number of carbonyl (C=O) groups excluding carboxylic acids is 1. The van der Waals surface area contributed by atoms with Crippen LogP contribution in [0.15, 0.2) is 48.5 Å². The Kier molecular flexibility index (Phi) is 5.40. The molecule has 2 N–H and O–H groups in total. The second-order valence-electron chi connectivity index (χ2n) is 6.35. The van der Waals surface area contributed by atoms with E-state index < -0.39 is 5.66 Å². The van der Waals surface area contributed by atoms with Crippen LogP contribution in [0.1, 0.15) is 36.5 Å². The Morgan fingerprint density at radius 3 is 2.56 bits per heavy atom. The van der Waals surface area contributed by atoms with Gasteiger partial charge in [-0.3, -0.25) is 10.2 Å². The summed E-state index contributed by atoms with van der Waals surface area (Å²) in [6.45, 7) is 2.03. The predicted molar refractivity (Wildman–Crippen MR) is 104 cm³/mol. The number of hydrazine groups is 1. The van der Waals surface area contributed by atoms with E-state index in [9.17, 15) is 4.79 Å². The number of amides is 1. The maximum atomic E-state index is 13.1. The van der Waals surface area contributed by atoms with E-state index >= 15 is 0 Å². The van der Waals surface area contributed by atoms with E-state index in [4.69, 9.17) is 23.2 Å². The Morgan fingerprint density at radius 1 is 1.12 bits per heavy atom. The Bertz CT molecular complexity index is 751. The summed E-state index contributed by atoms with van der Waals surface area (Å²) in [5, 5.41) is 5.85. The lowest BCUT2D eigenvalue weighted by atomic mass is 9.97. The molecule has 1 unspecified atom stereocenters. The molecule has 2 aromatic carbocycles. The summed E-state index contributed by atoms with van der Waals surface area (Å²) in [6.07, 6.45) is 2.60. The van der Waals surface area contributed by atoms with Gasteiger partial charge in [-0.15, -0.1) is 11.6 Å². The number of nitrogens with one attached hydrogen (secondary N) is 2. The van der Waals surface area contributed by atoms with Crippen LogP contribution in [-0.4, -0.2) is 22.5 Å². The van der Waals surface area contributed by atoms with Gasteiger partial charge in [0.25, 0.3) is 5.91 Å². The van der Waals surface area contributed by atoms with Gasteiger partial charge in [-0.1, -0.05) is 23.7 Å². The largest absolute Gasteiger partial charge is 0.361 e. The highest BCUT2D eigenvalue weighted by atomic mass is 35.5. The van der Waals surface area contributed by atoms with Gasteiger partial charge >= 0.3 is 0 Å². The zero-order valence-corrected chi connectivity index (χ0v) is 15.6. The van der Waals surface area contributed by atoms with Gasteiger partial charge in [0, 0.05) is 16.6 Å². The normalized spacial score (nSPS) is 19.3. The number of nitrogens with zero attached hydrogens (tertiary/aromatic N) is 1. The first kappa shape index (κ1) is 17.9.